The number of halogens is 1. The molecule has 0 saturated heterocycles. The number of nitrogens with one attached hydrogen (secondary N) is 1. The zero-order chi connectivity index (χ0) is 26.0. The Bertz CT molecular complexity index is 1110. The average molecular weight is 524 g/mol. The summed E-state index contributed by atoms with van der Waals surface area (Å²) in [5.41, 5.74) is 1.21. The van der Waals surface area contributed by atoms with Crippen molar-refractivity contribution in [3.8, 4) is 5.75 Å². The highest BCUT2D eigenvalue weighted by Gasteiger charge is 2.27. The van der Waals surface area contributed by atoms with Crippen molar-refractivity contribution in [2.24, 2.45) is 0 Å². The molecule has 0 fully saturated rings. The summed E-state index contributed by atoms with van der Waals surface area (Å²) < 4.78 is 31.5. The van der Waals surface area contributed by atoms with Gasteiger partial charge in [-0.05, 0) is 49.6 Å². The van der Waals surface area contributed by atoms with E-state index in [1.165, 1.54) is 16.3 Å². The van der Waals surface area contributed by atoms with Crippen molar-refractivity contribution < 1.29 is 22.7 Å². The number of benzene rings is 2. The summed E-state index contributed by atoms with van der Waals surface area (Å²) in [6, 6.07) is 13.3. The molecule has 1 N–H and O–H groups in total. The number of hydrogen-bond acceptors (Lipinski definition) is 5. The summed E-state index contributed by atoms with van der Waals surface area (Å²) in [5.74, 6) is -0.0698. The van der Waals surface area contributed by atoms with Gasteiger partial charge in [0.25, 0.3) is 0 Å². The summed E-state index contributed by atoms with van der Waals surface area (Å²) in [5, 5.41) is 3.37. The summed E-state index contributed by atoms with van der Waals surface area (Å²) in [6.45, 7) is 4.46. The summed E-state index contributed by atoms with van der Waals surface area (Å²) in [6.07, 6.45) is 2.23. The first-order valence-corrected chi connectivity index (χ1v) is 13.7. The van der Waals surface area contributed by atoms with Crippen LogP contribution in [-0.2, 0) is 26.2 Å². The molecule has 1 atom stereocenters. The largest absolute Gasteiger partial charge is 0.495 e. The fourth-order valence-corrected chi connectivity index (χ4v) is 4.81. The molecule has 2 rings (SSSR count). The van der Waals surface area contributed by atoms with Gasteiger partial charge in [-0.3, -0.25) is 13.9 Å². The molecule has 10 heteroatoms. The number of nitrogens with zero attached hydrogens (tertiary/aromatic N) is 2. The highest BCUT2D eigenvalue weighted by atomic mass is 35.5. The molecule has 35 heavy (non-hydrogen) atoms. The van der Waals surface area contributed by atoms with Crippen molar-refractivity contribution in [3.05, 3.63) is 59.1 Å². The van der Waals surface area contributed by atoms with Gasteiger partial charge in [0.15, 0.2) is 0 Å². The minimum atomic E-state index is -3.61. The molecular formula is C25H34ClN3O5S. The predicted octanol–water partition coefficient (Wildman–Crippen LogP) is 3.84. The minimum Gasteiger partial charge on any atom is -0.495 e. The molecule has 0 aliphatic carbocycles. The normalized spacial score (nSPS) is 12.0. The summed E-state index contributed by atoms with van der Waals surface area (Å²) in [4.78, 5) is 27.4. The van der Waals surface area contributed by atoms with Gasteiger partial charge in [-0.25, -0.2) is 8.42 Å². The number of rotatable bonds is 13. The quantitative estimate of drug-likeness (QED) is 0.430. The van der Waals surface area contributed by atoms with Gasteiger partial charge in [-0.1, -0.05) is 42.8 Å². The van der Waals surface area contributed by atoms with Crippen LogP contribution in [0.25, 0.3) is 0 Å². The van der Waals surface area contributed by atoms with Gasteiger partial charge in [0.2, 0.25) is 21.8 Å². The number of anilines is 1. The third-order valence-electron chi connectivity index (χ3n) is 5.46. The molecule has 0 aliphatic rings. The summed E-state index contributed by atoms with van der Waals surface area (Å²) >= 11 is 6.11. The van der Waals surface area contributed by atoms with Crippen LogP contribution in [0.2, 0.25) is 5.02 Å². The molecule has 2 aromatic carbocycles. The zero-order valence-corrected chi connectivity index (χ0v) is 22.2. The van der Waals surface area contributed by atoms with E-state index >= 15 is 0 Å². The van der Waals surface area contributed by atoms with E-state index in [9.17, 15) is 18.0 Å². The maximum Gasteiger partial charge on any atom is 0.242 e. The third kappa shape index (κ3) is 8.43. The van der Waals surface area contributed by atoms with Crippen molar-refractivity contribution in [2.75, 3.05) is 30.8 Å². The Hall–Kier alpha value is -2.78. The molecular weight excluding hydrogens is 490 g/mol. The second-order valence-electron chi connectivity index (χ2n) is 8.23. The van der Waals surface area contributed by atoms with Crippen molar-refractivity contribution in [1.29, 1.82) is 0 Å². The zero-order valence-electron chi connectivity index (χ0n) is 20.7. The molecule has 0 bridgehead atoms. The number of carbonyl (C=O) groups is 2. The molecule has 2 aromatic rings. The van der Waals surface area contributed by atoms with Crippen LogP contribution in [0.1, 0.15) is 38.7 Å². The Balaban J connectivity index is 2.18. The number of amides is 2. The van der Waals surface area contributed by atoms with Crippen LogP contribution in [0.15, 0.2) is 48.5 Å². The standard InChI is InChI=1S/C25H34ClN3O5S/c1-5-15-27-25(31)19(2)28(18-20-10-8-11-21(26)17-20)24(30)14-9-16-29(35(4,32)33)22-12-6-7-13-23(22)34-3/h6-8,10-13,17,19H,5,9,14-16,18H2,1-4H3,(H,27,31)/t19-/m1/s1. The van der Waals surface area contributed by atoms with E-state index in [4.69, 9.17) is 16.3 Å². The Kier molecular flexibility index (Phi) is 10.9. The van der Waals surface area contributed by atoms with Crippen LogP contribution < -0.4 is 14.4 Å². The second-order valence-corrected chi connectivity index (χ2v) is 10.6. The van der Waals surface area contributed by atoms with E-state index < -0.39 is 16.1 Å². The number of hydrogen-bond donors (Lipinski definition) is 1. The topological polar surface area (TPSA) is 96.0 Å². The smallest absolute Gasteiger partial charge is 0.242 e. The van der Waals surface area contributed by atoms with Gasteiger partial charge < -0.3 is 15.0 Å². The van der Waals surface area contributed by atoms with Crippen LogP contribution in [0.4, 0.5) is 5.69 Å². The van der Waals surface area contributed by atoms with E-state index in [0.29, 0.717) is 23.0 Å². The van der Waals surface area contributed by atoms with Gasteiger partial charge >= 0.3 is 0 Å². The molecule has 0 spiro atoms. The first-order chi connectivity index (χ1) is 16.6. The van der Waals surface area contributed by atoms with Crippen LogP contribution in [0, 0.1) is 0 Å². The number of methoxy groups -OCH3 is 1. The lowest BCUT2D eigenvalue weighted by Gasteiger charge is -2.29. The highest BCUT2D eigenvalue weighted by Crippen LogP contribution is 2.29. The van der Waals surface area contributed by atoms with E-state index in [1.54, 1.807) is 49.4 Å². The lowest BCUT2D eigenvalue weighted by molar-refractivity contribution is -0.140. The maximum atomic E-state index is 13.3. The molecule has 2 amide bonds. The SMILES string of the molecule is CCCNC(=O)[C@@H](C)N(Cc1cccc(Cl)c1)C(=O)CCCN(c1ccccc1OC)S(C)(=O)=O. The molecule has 0 radical (unpaired) electrons. The maximum absolute atomic E-state index is 13.3. The van der Waals surface area contributed by atoms with E-state index in [2.05, 4.69) is 5.32 Å². The molecule has 0 aliphatic heterocycles. The van der Waals surface area contributed by atoms with E-state index in [0.717, 1.165) is 18.2 Å². The lowest BCUT2D eigenvalue weighted by Crippen LogP contribution is -2.47. The number of ether oxygens (including phenoxy) is 1. The van der Waals surface area contributed by atoms with E-state index in [1.807, 2.05) is 13.0 Å². The van der Waals surface area contributed by atoms with Crippen molar-refractivity contribution in [3.63, 3.8) is 0 Å². The number of carbonyl (C=O) groups excluding carboxylic acids is 2. The lowest BCUT2D eigenvalue weighted by atomic mass is 10.1. The Morgan fingerprint density at radius 2 is 1.86 bits per heavy atom. The Labute approximate surface area is 213 Å². The highest BCUT2D eigenvalue weighted by molar-refractivity contribution is 7.92. The van der Waals surface area contributed by atoms with Crippen LogP contribution >= 0.6 is 11.6 Å². The predicted molar refractivity (Wildman–Crippen MR) is 139 cm³/mol. The fraction of sp³-hybridized carbons (Fsp3) is 0.440. The molecule has 0 saturated carbocycles. The molecule has 0 heterocycles. The van der Waals surface area contributed by atoms with Gasteiger partial charge in [-0.2, -0.15) is 0 Å². The van der Waals surface area contributed by atoms with Crippen LogP contribution in [0.5, 0.6) is 5.75 Å². The first kappa shape index (κ1) is 28.5. The van der Waals surface area contributed by atoms with Crippen molar-refractivity contribution in [2.45, 2.75) is 45.7 Å². The first-order valence-electron chi connectivity index (χ1n) is 11.5. The van der Waals surface area contributed by atoms with Gasteiger partial charge in [0, 0.05) is 31.1 Å². The monoisotopic (exact) mass is 523 g/mol. The average Bonchev–Trinajstić information content (AvgIpc) is 2.82. The van der Waals surface area contributed by atoms with Gasteiger partial charge in [0.05, 0.1) is 19.1 Å². The van der Waals surface area contributed by atoms with Crippen molar-refractivity contribution >= 4 is 39.1 Å². The van der Waals surface area contributed by atoms with E-state index in [-0.39, 0.29) is 37.7 Å². The molecule has 8 nitrogen and oxygen atoms in total. The second kappa shape index (κ2) is 13.3. The van der Waals surface area contributed by atoms with Crippen molar-refractivity contribution in [1.82, 2.24) is 10.2 Å². The van der Waals surface area contributed by atoms with Crippen LogP contribution in [0.3, 0.4) is 0 Å². The van der Waals surface area contributed by atoms with Crippen LogP contribution in [-0.4, -0.2) is 57.6 Å². The fourth-order valence-electron chi connectivity index (χ4n) is 3.63. The third-order valence-corrected chi connectivity index (χ3v) is 6.88. The number of para-hydroxylation sites is 2. The number of sulfonamides is 1. The van der Waals surface area contributed by atoms with Gasteiger partial charge in [-0.15, -0.1) is 0 Å². The molecule has 0 unspecified atom stereocenters. The van der Waals surface area contributed by atoms with Gasteiger partial charge in [0.1, 0.15) is 11.8 Å². The summed E-state index contributed by atoms with van der Waals surface area (Å²) in [7, 11) is -2.14. The minimum absolute atomic E-state index is 0.0626. The Morgan fingerprint density at radius 1 is 1.14 bits per heavy atom. The Morgan fingerprint density at radius 3 is 2.49 bits per heavy atom. The molecule has 0 aromatic heterocycles. The molecule has 192 valence electrons.